The van der Waals surface area contributed by atoms with Gasteiger partial charge in [-0.3, -0.25) is 4.68 Å². The van der Waals surface area contributed by atoms with Gasteiger partial charge in [0.25, 0.3) is 0 Å². The first-order valence-corrected chi connectivity index (χ1v) is 7.08. The van der Waals surface area contributed by atoms with Crippen LogP contribution in [0, 0.1) is 0 Å². The van der Waals surface area contributed by atoms with Crippen LogP contribution in [0.3, 0.4) is 0 Å². The van der Waals surface area contributed by atoms with Gasteiger partial charge in [0, 0.05) is 19.7 Å². The molecule has 2 aromatic rings. The number of ether oxygens (including phenoxy) is 1. The van der Waals surface area contributed by atoms with E-state index in [-0.39, 0.29) is 24.0 Å². The molecule has 0 radical (unpaired) electrons. The van der Waals surface area contributed by atoms with Gasteiger partial charge in [0.15, 0.2) is 5.96 Å². The molecule has 0 fully saturated rings. The summed E-state index contributed by atoms with van der Waals surface area (Å²) in [5.74, 6) is 2.13. The second-order valence-electron chi connectivity index (χ2n) is 4.52. The van der Waals surface area contributed by atoms with Gasteiger partial charge in [-0.1, -0.05) is 6.07 Å². The highest BCUT2D eigenvalue weighted by atomic mass is 127. The van der Waals surface area contributed by atoms with Crippen molar-refractivity contribution in [2.75, 3.05) is 13.7 Å². The van der Waals surface area contributed by atoms with E-state index >= 15 is 0 Å². The molecule has 0 saturated heterocycles. The molecule has 2 heterocycles. The average Bonchev–Trinajstić information content (AvgIpc) is 2.95. The number of guanidine groups is 1. The molecule has 0 aliphatic carbocycles. The fourth-order valence-electron chi connectivity index (χ4n) is 1.80. The Hall–Kier alpha value is -1.91. The van der Waals surface area contributed by atoms with Crippen LogP contribution in [0.2, 0.25) is 0 Å². The van der Waals surface area contributed by atoms with Crippen molar-refractivity contribution in [3.05, 3.63) is 36.0 Å². The number of aromatic nitrogens is 4. The highest BCUT2D eigenvalue weighted by Gasteiger charge is 2.03. The van der Waals surface area contributed by atoms with Gasteiger partial charge in [-0.25, -0.2) is 15.0 Å². The largest absolute Gasteiger partial charge is 0.481 e. The molecule has 2 rings (SSSR count). The topological polar surface area (TPSA) is 89.2 Å². The zero-order valence-corrected chi connectivity index (χ0v) is 15.8. The molecule has 0 aliphatic heterocycles. The molecule has 9 heteroatoms. The molecule has 0 atom stereocenters. The number of halogens is 1. The Morgan fingerprint density at radius 1 is 1.35 bits per heavy atom. The van der Waals surface area contributed by atoms with E-state index in [1.165, 1.54) is 6.33 Å². The van der Waals surface area contributed by atoms with Gasteiger partial charge < -0.3 is 15.4 Å². The maximum absolute atomic E-state index is 5.11. The van der Waals surface area contributed by atoms with Gasteiger partial charge in [-0.05, 0) is 13.0 Å². The molecule has 0 unspecified atom stereocenters. The zero-order valence-electron chi connectivity index (χ0n) is 13.5. The van der Waals surface area contributed by atoms with E-state index in [9.17, 15) is 0 Å². The van der Waals surface area contributed by atoms with Crippen LogP contribution >= 0.6 is 24.0 Å². The monoisotopic (exact) mass is 431 g/mol. The van der Waals surface area contributed by atoms with Crippen molar-refractivity contribution >= 4 is 29.9 Å². The Bertz CT molecular complexity index is 629. The molecule has 0 bridgehead atoms. The van der Waals surface area contributed by atoms with Gasteiger partial charge in [0.1, 0.15) is 12.2 Å². The Morgan fingerprint density at radius 3 is 2.83 bits per heavy atom. The third kappa shape index (κ3) is 6.00. The Balaban J connectivity index is 0.00000264. The van der Waals surface area contributed by atoms with Crippen molar-refractivity contribution in [3.63, 3.8) is 0 Å². The lowest BCUT2D eigenvalue weighted by atomic mass is 10.3. The lowest BCUT2D eigenvalue weighted by Gasteiger charge is -2.10. The van der Waals surface area contributed by atoms with Gasteiger partial charge in [-0.2, -0.15) is 5.10 Å². The van der Waals surface area contributed by atoms with Crippen molar-refractivity contribution in [1.82, 2.24) is 30.4 Å². The van der Waals surface area contributed by atoms with E-state index in [0.29, 0.717) is 24.9 Å². The number of pyridine rings is 1. The molecule has 0 aromatic carbocycles. The SMILES string of the molecule is CCNC(=NCc1cccc(OC)n1)NCc1ncnn1C.I. The molecule has 0 saturated carbocycles. The van der Waals surface area contributed by atoms with Crippen molar-refractivity contribution in [1.29, 1.82) is 0 Å². The van der Waals surface area contributed by atoms with E-state index in [1.807, 2.05) is 32.2 Å². The molecule has 2 N–H and O–H groups in total. The number of rotatable bonds is 6. The van der Waals surface area contributed by atoms with Crippen LogP contribution in [-0.2, 0) is 20.1 Å². The van der Waals surface area contributed by atoms with Crippen LogP contribution in [0.5, 0.6) is 5.88 Å². The molecule has 8 nitrogen and oxygen atoms in total. The number of aliphatic imine (C=N–C) groups is 1. The third-order valence-corrected chi connectivity index (χ3v) is 2.95. The van der Waals surface area contributed by atoms with Crippen LogP contribution in [0.25, 0.3) is 0 Å². The summed E-state index contributed by atoms with van der Waals surface area (Å²) in [4.78, 5) is 13.0. The number of hydrogen-bond donors (Lipinski definition) is 2. The van der Waals surface area contributed by atoms with E-state index in [0.717, 1.165) is 18.1 Å². The van der Waals surface area contributed by atoms with Crippen LogP contribution < -0.4 is 15.4 Å². The lowest BCUT2D eigenvalue weighted by molar-refractivity contribution is 0.396. The van der Waals surface area contributed by atoms with Gasteiger partial charge in [0.2, 0.25) is 5.88 Å². The van der Waals surface area contributed by atoms with Gasteiger partial charge in [-0.15, -0.1) is 24.0 Å². The highest BCUT2D eigenvalue weighted by Crippen LogP contribution is 2.07. The summed E-state index contributed by atoms with van der Waals surface area (Å²) in [6, 6.07) is 5.62. The second kappa shape index (κ2) is 9.98. The van der Waals surface area contributed by atoms with Crippen molar-refractivity contribution in [2.24, 2.45) is 12.0 Å². The fourth-order valence-corrected chi connectivity index (χ4v) is 1.80. The van der Waals surface area contributed by atoms with Crippen LogP contribution in [0.4, 0.5) is 0 Å². The molecule has 0 spiro atoms. The first kappa shape index (κ1) is 19.1. The number of hydrogen-bond acceptors (Lipinski definition) is 5. The molecule has 126 valence electrons. The quantitative estimate of drug-likeness (QED) is 0.405. The smallest absolute Gasteiger partial charge is 0.213 e. The predicted molar refractivity (Wildman–Crippen MR) is 98.9 cm³/mol. The van der Waals surface area contributed by atoms with Crippen molar-refractivity contribution < 1.29 is 4.74 Å². The van der Waals surface area contributed by atoms with E-state index < -0.39 is 0 Å². The normalized spacial score (nSPS) is 10.8. The number of nitrogens with zero attached hydrogens (tertiary/aromatic N) is 5. The minimum Gasteiger partial charge on any atom is -0.481 e. The molecule has 2 aromatic heterocycles. The first-order chi connectivity index (χ1) is 10.7. The fraction of sp³-hybridized carbons (Fsp3) is 0.429. The Morgan fingerprint density at radius 2 is 2.17 bits per heavy atom. The standard InChI is InChI=1S/C14H21N7O.HI/c1-4-15-14(17-9-12-18-10-19-21(12)2)16-8-11-6-5-7-13(20-11)22-3;/h5-7,10H,4,8-9H2,1-3H3,(H2,15,16,17);1H. The maximum Gasteiger partial charge on any atom is 0.213 e. The summed E-state index contributed by atoms with van der Waals surface area (Å²) in [7, 11) is 3.45. The summed E-state index contributed by atoms with van der Waals surface area (Å²) in [6.07, 6.45) is 1.53. The summed E-state index contributed by atoms with van der Waals surface area (Å²) >= 11 is 0. The third-order valence-electron chi connectivity index (χ3n) is 2.95. The van der Waals surface area contributed by atoms with Gasteiger partial charge >= 0.3 is 0 Å². The van der Waals surface area contributed by atoms with E-state index in [4.69, 9.17) is 4.74 Å². The minimum atomic E-state index is 0. The Labute approximate surface area is 152 Å². The van der Waals surface area contributed by atoms with Crippen molar-refractivity contribution in [3.8, 4) is 5.88 Å². The number of aryl methyl sites for hydroxylation is 1. The number of methoxy groups -OCH3 is 1. The minimum absolute atomic E-state index is 0. The van der Waals surface area contributed by atoms with Crippen LogP contribution in [-0.4, -0.2) is 39.4 Å². The van der Waals surface area contributed by atoms with Gasteiger partial charge in [0.05, 0.1) is 25.9 Å². The predicted octanol–water partition coefficient (Wildman–Crippen LogP) is 1.09. The zero-order chi connectivity index (χ0) is 15.8. The average molecular weight is 431 g/mol. The second-order valence-corrected chi connectivity index (χ2v) is 4.52. The summed E-state index contributed by atoms with van der Waals surface area (Å²) in [5.41, 5.74) is 0.843. The van der Waals surface area contributed by atoms with Crippen LogP contribution in [0.15, 0.2) is 29.5 Å². The number of nitrogens with one attached hydrogen (secondary N) is 2. The van der Waals surface area contributed by atoms with E-state index in [1.54, 1.807) is 11.8 Å². The molecule has 0 amide bonds. The lowest BCUT2D eigenvalue weighted by Crippen LogP contribution is -2.37. The summed E-state index contributed by atoms with van der Waals surface area (Å²) in [6.45, 7) is 3.80. The summed E-state index contributed by atoms with van der Waals surface area (Å²) < 4.78 is 6.83. The molecule has 23 heavy (non-hydrogen) atoms. The van der Waals surface area contributed by atoms with Crippen LogP contribution in [0.1, 0.15) is 18.4 Å². The highest BCUT2D eigenvalue weighted by molar-refractivity contribution is 14.0. The Kier molecular flexibility index (Phi) is 8.30. The summed E-state index contributed by atoms with van der Waals surface area (Å²) in [5, 5.41) is 10.4. The van der Waals surface area contributed by atoms with Crippen molar-refractivity contribution in [2.45, 2.75) is 20.0 Å². The first-order valence-electron chi connectivity index (χ1n) is 7.08. The molecule has 0 aliphatic rings. The molecular formula is C14H22IN7O. The maximum atomic E-state index is 5.11. The molecular weight excluding hydrogens is 409 g/mol. The van der Waals surface area contributed by atoms with E-state index in [2.05, 4.69) is 30.7 Å².